The number of H-pyrrole nitrogens is 2. The van der Waals surface area contributed by atoms with Gasteiger partial charge in [0.25, 0.3) is 0 Å². The number of hydrogen-bond donors (Lipinski definition) is 3. The van der Waals surface area contributed by atoms with Crippen molar-refractivity contribution in [2.75, 3.05) is 0 Å². The first kappa shape index (κ1) is 26.9. The number of nitrogens with zero attached hydrogens (tertiary/aromatic N) is 2. The zero-order valence-electron chi connectivity index (χ0n) is 23.2. The van der Waals surface area contributed by atoms with E-state index in [1.165, 1.54) is 30.7 Å². The fourth-order valence-corrected chi connectivity index (χ4v) is 4.95. The van der Waals surface area contributed by atoms with Crippen LogP contribution in [0.4, 0.5) is 4.39 Å². The van der Waals surface area contributed by atoms with E-state index in [1.807, 2.05) is 44.3 Å². The number of fused-ring (bicyclic) bond motifs is 1. The first-order valence-electron chi connectivity index (χ1n) is 13.5. The molecule has 3 N–H and O–H groups in total. The molecule has 1 aromatic carbocycles. The highest BCUT2D eigenvalue weighted by Gasteiger charge is 2.25. The first-order valence-corrected chi connectivity index (χ1v) is 13.5. The topological polar surface area (TPSA) is 69.4 Å². The van der Waals surface area contributed by atoms with E-state index in [0.717, 1.165) is 61.6 Å². The van der Waals surface area contributed by atoms with E-state index < -0.39 is 0 Å². The quantitative estimate of drug-likeness (QED) is 0.180. The molecule has 3 heterocycles. The van der Waals surface area contributed by atoms with Crippen molar-refractivity contribution in [1.82, 2.24) is 25.5 Å². The van der Waals surface area contributed by atoms with E-state index in [4.69, 9.17) is 4.98 Å². The van der Waals surface area contributed by atoms with Crippen molar-refractivity contribution in [3.8, 4) is 11.4 Å². The van der Waals surface area contributed by atoms with Crippen LogP contribution in [0.3, 0.4) is 0 Å². The number of aromatic amines is 2. The first-order chi connectivity index (χ1) is 19.4. The van der Waals surface area contributed by atoms with Crippen molar-refractivity contribution >= 4 is 22.0 Å². The van der Waals surface area contributed by atoms with Crippen LogP contribution in [0.2, 0.25) is 0 Å². The lowest BCUT2D eigenvalue weighted by atomic mass is 9.97. The Morgan fingerprint density at radius 2 is 1.95 bits per heavy atom. The Labute approximate surface area is 234 Å². The fraction of sp³-hybridized carbons (Fsp3) is 0.176. The van der Waals surface area contributed by atoms with Gasteiger partial charge in [0.15, 0.2) is 0 Å². The maximum atomic E-state index is 14.0. The lowest BCUT2D eigenvalue weighted by molar-refractivity contribution is 0.627. The smallest absolute Gasteiger partial charge is 0.123 e. The van der Waals surface area contributed by atoms with Gasteiger partial charge in [0.1, 0.15) is 11.5 Å². The molecule has 0 aliphatic heterocycles. The van der Waals surface area contributed by atoms with Gasteiger partial charge in [0.2, 0.25) is 0 Å². The second-order valence-corrected chi connectivity index (χ2v) is 9.93. The SMILES string of the molecule is C=C/C=C(/c1cccc(F)c1)c1cc(-c2n[nH]c3cnc(C(/C=C(\C=C)N/C(=C\C)C4CC4)=C/C)cc23)[nH]c1C. The number of nitrogens with one attached hydrogen (secondary N) is 3. The van der Waals surface area contributed by atoms with Gasteiger partial charge >= 0.3 is 0 Å². The molecule has 0 atom stereocenters. The van der Waals surface area contributed by atoms with Crippen LogP contribution in [0.25, 0.3) is 33.4 Å². The Hall–Kier alpha value is -4.71. The van der Waals surface area contributed by atoms with Crippen molar-refractivity contribution in [2.45, 2.75) is 33.6 Å². The molecule has 0 unspecified atom stereocenters. The minimum atomic E-state index is -0.280. The van der Waals surface area contributed by atoms with E-state index in [9.17, 15) is 4.39 Å². The van der Waals surface area contributed by atoms with Gasteiger partial charge in [-0.15, -0.1) is 0 Å². The van der Waals surface area contributed by atoms with Gasteiger partial charge in [-0.05, 0) is 92.7 Å². The van der Waals surface area contributed by atoms with Gasteiger partial charge in [-0.25, -0.2) is 4.39 Å². The average molecular weight is 532 g/mol. The van der Waals surface area contributed by atoms with E-state index in [0.29, 0.717) is 5.92 Å². The van der Waals surface area contributed by atoms with E-state index >= 15 is 0 Å². The molecule has 40 heavy (non-hydrogen) atoms. The molecule has 0 bridgehead atoms. The summed E-state index contributed by atoms with van der Waals surface area (Å²) < 4.78 is 14.0. The van der Waals surface area contributed by atoms with Crippen LogP contribution >= 0.6 is 0 Å². The number of hydrogen-bond acceptors (Lipinski definition) is 3. The Bertz CT molecular complexity index is 1700. The summed E-state index contributed by atoms with van der Waals surface area (Å²) in [5, 5.41) is 12.2. The summed E-state index contributed by atoms with van der Waals surface area (Å²) in [4.78, 5) is 8.20. The minimum Gasteiger partial charge on any atom is -0.359 e. The number of rotatable bonds is 10. The maximum Gasteiger partial charge on any atom is 0.123 e. The highest BCUT2D eigenvalue weighted by molar-refractivity contribution is 5.95. The molecule has 4 aromatic rings. The van der Waals surface area contributed by atoms with Crippen LogP contribution in [-0.2, 0) is 0 Å². The fourth-order valence-electron chi connectivity index (χ4n) is 4.95. The Kier molecular flexibility index (Phi) is 7.78. The van der Waals surface area contributed by atoms with Gasteiger partial charge in [-0.1, -0.05) is 49.6 Å². The molecule has 1 aliphatic carbocycles. The lowest BCUT2D eigenvalue weighted by Gasteiger charge is -2.12. The van der Waals surface area contributed by atoms with Crippen LogP contribution in [0.1, 0.15) is 49.2 Å². The Balaban J connectivity index is 1.51. The highest BCUT2D eigenvalue weighted by atomic mass is 19.1. The normalized spacial score (nSPS) is 15.0. The number of pyridine rings is 1. The second kappa shape index (κ2) is 11.6. The number of aromatic nitrogens is 4. The molecule has 202 valence electrons. The largest absolute Gasteiger partial charge is 0.359 e. The third-order valence-electron chi connectivity index (χ3n) is 7.18. The van der Waals surface area contributed by atoms with Gasteiger partial charge < -0.3 is 10.3 Å². The number of benzene rings is 1. The van der Waals surface area contributed by atoms with Crippen molar-refractivity contribution in [1.29, 1.82) is 0 Å². The molecule has 1 saturated carbocycles. The number of halogens is 1. The summed E-state index contributed by atoms with van der Waals surface area (Å²) in [5.41, 5.74) is 10.1. The van der Waals surface area contributed by atoms with E-state index in [-0.39, 0.29) is 5.82 Å². The van der Waals surface area contributed by atoms with Crippen molar-refractivity contribution in [3.05, 3.63) is 132 Å². The van der Waals surface area contributed by atoms with Crippen molar-refractivity contribution < 1.29 is 4.39 Å². The number of aryl methyl sites for hydroxylation is 1. The zero-order valence-corrected chi connectivity index (χ0v) is 23.2. The van der Waals surface area contributed by atoms with Crippen LogP contribution in [-0.4, -0.2) is 20.2 Å². The molecule has 0 amide bonds. The molecule has 1 fully saturated rings. The third kappa shape index (κ3) is 5.52. The molecule has 5 rings (SSSR count). The van der Waals surface area contributed by atoms with Gasteiger partial charge in [-0.3, -0.25) is 10.1 Å². The van der Waals surface area contributed by atoms with Gasteiger partial charge in [0.05, 0.1) is 23.1 Å². The predicted octanol–water partition coefficient (Wildman–Crippen LogP) is 8.39. The molecule has 0 radical (unpaired) electrons. The summed E-state index contributed by atoms with van der Waals surface area (Å²) >= 11 is 0. The predicted molar refractivity (Wildman–Crippen MR) is 164 cm³/mol. The summed E-state index contributed by atoms with van der Waals surface area (Å²) in [5.74, 6) is 0.333. The minimum absolute atomic E-state index is 0.280. The molecule has 5 nitrogen and oxygen atoms in total. The molecule has 3 aromatic heterocycles. The zero-order chi connectivity index (χ0) is 28.2. The van der Waals surface area contributed by atoms with Crippen molar-refractivity contribution in [2.24, 2.45) is 5.92 Å². The molecular weight excluding hydrogens is 497 g/mol. The van der Waals surface area contributed by atoms with Crippen molar-refractivity contribution in [3.63, 3.8) is 0 Å². The summed E-state index contributed by atoms with van der Waals surface area (Å²) in [6.07, 6.45) is 16.0. The Morgan fingerprint density at radius 3 is 2.62 bits per heavy atom. The van der Waals surface area contributed by atoms with E-state index in [2.05, 4.69) is 64.9 Å². The van der Waals surface area contributed by atoms with Gasteiger partial charge in [0, 0.05) is 28.0 Å². The Morgan fingerprint density at radius 1 is 1.12 bits per heavy atom. The summed E-state index contributed by atoms with van der Waals surface area (Å²) in [7, 11) is 0. The van der Waals surface area contributed by atoms with Gasteiger partial charge in [-0.2, -0.15) is 5.10 Å². The van der Waals surface area contributed by atoms with Crippen LogP contribution < -0.4 is 5.32 Å². The average Bonchev–Trinajstić information content (AvgIpc) is 3.61. The summed E-state index contributed by atoms with van der Waals surface area (Å²) in [6.45, 7) is 14.0. The molecule has 0 saturated heterocycles. The lowest BCUT2D eigenvalue weighted by Crippen LogP contribution is -2.13. The third-order valence-corrected chi connectivity index (χ3v) is 7.18. The highest BCUT2D eigenvalue weighted by Crippen LogP contribution is 2.36. The second-order valence-electron chi connectivity index (χ2n) is 9.93. The molecule has 6 heteroatoms. The molecule has 0 spiro atoms. The van der Waals surface area contributed by atoms with Crippen LogP contribution in [0, 0.1) is 18.7 Å². The summed E-state index contributed by atoms with van der Waals surface area (Å²) in [6, 6.07) is 10.7. The standard InChI is InChI=1S/C34H34FN5/c1-6-11-27(24-12-10-13-25(35)16-24)28-18-32(37-21(28)5)34-29-19-31(36-20-33(29)39-40-34)22(7-2)17-26(8-3)38-30(9-4)23-14-15-23/h6-13,16-20,23,37-38H,1,3,14-15H2,2,4-5H3,(H,39,40)/b22-7+,26-17+,27-11-,30-9-. The van der Waals surface area contributed by atoms with Crippen LogP contribution in [0.5, 0.6) is 0 Å². The molecular formula is C34H34FN5. The number of allylic oxidation sites excluding steroid dienone is 8. The maximum absolute atomic E-state index is 14.0. The monoisotopic (exact) mass is 531 g/mol. The van der Waals surface area contributed by atoms with E-state index in [1.54, 1.807) is 12.1 Å². The van der Waals surface area contributed by atoms with Crippen LogP contribution in [0.15, 0.2) is 104 Å². The molecule has 1 aliphatic rings.